The van der Waals surface area contributed by atoms with E-state index in [1.165, 1.54) is 0 Å². The number of hydrogen-bond acceptors (Lipinski definition) is 3. The zero-order chi connectivity index (χ0) is 7.40. The van der Waals surface area contributed by atoms with Gasteiger partial charge in [0.15, 0.2) is 0 Å². The number of ether oxygens (including phenoxy) is 1. The van der Waals surface area contributed by atoms with Crippen molar-refractivity contribution in [3.05, 3.63) is 24.3 Å². The van der Waals surface area contributed by atoms with Crippen LogP contribution < -0.4 is 16.0 Å². The number of nitrogen functional groups attached to an aromatic ring is 1. The van der Waals surface area contributed by atoms with Gasteiger partial charge in [0.2, 0.25) is 0 Å². The Morgan fingerprint density at radius 3 is 2.18 bits per heavy atom. The molecule has 0 spiro atoms. The SMILES string of the molecule is COc1ccc(NN)cc1.[NaH]. The molecule has 0 bridgehead atoms. The van der Waals surface area contributed by atoms with Crippen molar-refractivity contribution in [3.63, 3.8) is 0 Å². The van der Waals surface area contributed by atoms with E-state index in [0.29, 0.717) is 0 Å². The fourth-order valence-electron chi connectivity index (χ4n) is 0.687. The summed E-state index contributed by atoms with van der Waals surface area (Å²) in [5.41, 5.74) is 3.40. The molecule has 0 aromatic heterocycles. The van der Waals surface area contributed by atoms with E-state index in [1.807, 2.05) is 24.3 Å². The van der Waals surface area contributed by atoms with Gasteiger partial charge in [-0.25, -0.2) is 0 Å². The van der Waals surface area contributed by atoms with Crippen molar-refractivity contribution >= 4 is 35.2 Å². The van der Waals surface area contributed by atoms with Crippen molar-refractivity contribution in [1.82, 2.24) is 0 Å². The zero-order valence-electron chi connectivity index (χ0n) is 5.79. The van der Waals surface area contributed by atoms with Gasteiger partial charge in [0.25, 0.3) is 0 Å². The van der Waals surface area contributed by atoms with E-state index >= 15 is 0 Å². The fraction of sp³-hybridized carbons (Fsp3) is 0.143. The predicted molar refractivity (Wildman–Crippen MR) is 48.0 cm³/mol. The quantitative estimate of drug-likeness (QED) is 0.374. The van der Waals surface area contributed by atoms with Crippen LogP contribution in [0.3, 0.4) is 0 Å². The molecule has 56 valence electrons. The molecule has 0 fully saturated rings. The maximum atomic E-state index is 5.15. The molecule has 0 saturated heterocycles. The van der Waals surface area contributed by atoms with Gasteiger partial charge in [0.1, 0.15) is 5.75 Å². The molecule has 0 heterocycles. The first-order chi connectivity index (χ1) is 4.86. The molecule has 0 aliphatic heterocycles. The molecule has 0 amide bonds. The first kappa shape index (κ1) is 10.8. The van der Waals surface area contributed by atoms with Gasteiger partial charge in [-0.15, -0.1) is 0 Å². The van der Waals surface area contributed by atoms with Crippen LogP contribution in [-0.2, 0) is 0 Å². The second-order valence-electron chi connectivity index (χ2n) is 1.87. The van der Waals surface area contributed by atoms with Crippen LogP contribution in [0.15, 0.2) is 24.3 Å². The van der Waals surface area contributed by atoms with Crippen molar-refractivity contribution < 1.29 is 4.74 Å². The van der Waals surface area contributed by atoms with Crippen LogP contribution in [0.1, 0.15) is 0 Å². The van der Waals surface area contributed by atoms with Gasteiger partial charge >= 0.3 is 29.6 Å². The molecule has 1 aromatic rings. The van der Waals surface area contributed by atoms with Crippen molar-refractivity contribution in [2.75, 3.05) is 12.5 Å². The summed E-state index contributed by atoms with van der Waals surface area (Å²) in [5.74, 6) is 5.98. The number of hydrazine groups is 1. The Hall–Kier alpha value is -0.220. The molecule has 0 radical (unpaired) electrons. The van der Waals surface area contributed by atoms with Crippen LogP contribution in [0.4, 0.5) is 5.69 Å². The van der Waals surface area contributed by atoms with Crippen molar-refractivity contribution in [2.24, 2.45) is 5.84 Å². The molecule has 0 aliphatic carbocycles. The number of rotatable bonds is 2. The van der Waals surface area contributed by atoms with Crippen LogP contribution >= 0.6 is 0 Å². The number of nitrogens with two attached hydrogens (primary N) is 1. The Kier molecular flexibility index (Phi) is 5.32. The summed E-state index contributed by atoms with van der Waals surface area (Å²) in [6.45, 7) is 0. The normalized spacial score (nSPS) is 8.18. The van der Waals surface area contributed by atoms with Gasteiger partial charge < -0.3 is 10.2 Å². The van der Waals surface area contributed by atoms with Gasteiger partial charge in [-0.05, 0) is 24.3 Å². The van der Waals surface area contributed by atoms with Gasteiger partial charge in [-0.2, -0.15) is 0 Å². The second kappa shape index (κ2) is 5.43. The molecule has 1 aromatic carbocycles. The average molecular weight is 162 g/mol. The molecule has 0 unspecified atom stereocenters. The topological polar surface area (TPSA) is 47.3 Å². The van der Waals surface area contributed by atoms with Crippen molar-refractivity contribution in [2.45, 2.75) is 0 Å². The van der Waals surface area contributed by atoms with Crippen molar-refractivity contribution in [1.29, 1.82) is 0 Å². The average Bonchev–Trinajstić information content (AvgIpc) is 2.05. The third kappa shape index (κ3) is 3.12. The number of anilines is 1. The summed E-state index contributed by atoms with van der Waals surface area (Å²) >= 11 is 0. The Morgan fingerprint density at radius 1 is 1.27 bits per heavy atom. The summed E-state index contributed by atoms with van der Waals surface area (Å²) in [7, 11) is 1.63. The van der Waals surface area contributed by atoms with Crippen LogP contribution in [-0.4, -0.2) is 36.7 Å². The fourth-order valence-corrected chi connectivity index (χ4v) is 0.687. The van der Waals surface area contributed by atoms with Crippen LogP contribution in [0.2, 0.25) is 0 Å². The van der Waals surface area contributed by atoms with Crippen molar-refractivity contribution in [3.8, 4) is 5.75 Å². The maximum absolute atomic E-state index is 5.15. The van der Waals surface area contributed by atoms with Gasteiger partial charge in [-0.1, -0.05) is 0 Å². The predicted octanol–water partition coefficient (Wildman–Crippen LogP) is 0.332. The molecule has 3 nitrogen and oxygen atoms in total. The van der Waals surface area contributed by atoms with E-state index in [2.05, 4.69) is 5.43 Å². The zero-order valence-corrected chi connectivity index (χ0v) is 5.79. The van der Waals surface area contributed by atoms with E-state index in [9.17, 15) is 0 Å². The number of hydrogen-bond donors (Lipinski definition) is 2. The Balaban J connectivity index is 0.000001000. The molecule has 3 N–H and O–H groups in total. The Bertz CT molecular complexity index is 177. The van der Waals surface area contributed by atoms with Crippen LogP contribution in [0.25, 0.3) is 0 Å². The Morgan fingerprint density at radius 2 is 1.82 bits per heavy atom. The molecule has 11 heavy (non-hydrogen) atoms. The van der Waals surface area contributed by atoms with Gasteiger partial charge in [0.05, 0.1) is 7.11 Å². The molecule has 4 heteroatoms. The van der Waals surface area contributed by atoms with E-state index in [0.717, 1.165) is 11.4 Å². The Labute approximate surface area is 88.2 Å². The number of benzene rings is 1. The van der Waals surface area contributed by atoms with E-state index in [4.69, 9.17) is 10.6 Å². The molecule has 0 saturated carbocycles. The monoisotopic (exact) mass is 162 g/mol. The molecule has 1 rings (SSSR count). The molecule has 0 atom stereocenters. The van der Waals surface area contributed by atoms with E-state index < -0.39 is 0 Å². The first-order valence-corrected chi connectivity index (χ1v) is 2.97. The summed E-state index contributed by atoms with van der Waals surface area (Å²) in [6.07, 6.45) is 0. The third-order valence-corrected chi connectivity index (χ3v) is 1.26. The first-order valence-electron chi connectivity index (χ1n) is 2.97. The van der Waals surface area contributed by atoms with Gasteiger partial charge in [0, 0.05) is 5.69 Å². The summed E-state index contributed by atoms with van der Waals surface area (Å²) < 4.78 is 4.95. The number of methoxy groups -OCH3 is 1. The molecular formula is C7H11N2NaO. The van der Waals surface area contributed by atoms with E-state index in [-0.39, 0.29) is 29.6 Å². The van der Waals surface area contributed by atoms with Crippen LogP contribution in [0.5, 0.6) is 5.75 Å². The summed E-state index contributed by atoms with van der Waals surface area (Å²) in [5, 5.41) is 0. The summed E-state index contributed by atoms with van der Waals surface area (Å²) in [6, 6.07) is 7.38. The number of nitrogens with one attached hydrogen (secondary N) is 1. The molecular weight excluding hydrogens is 151 g/mol. The standard InChI is InChI=1S/C7H10N2O.Na.H/c1-10-7-4-2-6(9-8)3-5-7;;/h2-5,9H,8H2,1H3;;. The minimum absolute atomic E-state index is 0. The second-order valence-corrected chi connectivity index (χ2v) is 1.87. The summed E-state index contributed by atoms with van der Waals surface area (Å²) in [4.78, 5) is 0. The van der Waals surface area contributed by atoms with Gasteiger partial charge in [-0.3, -0.25) is 5.84 Å². The third-order valence-electron chi connectivity index (χ3n) is 1.26. The molecule has 0 aliphatic rings. The minimum atomic E-state index is 0. The van der Waals surface area contributed by atoms with E-state index in [1.54, 1.807) is 7.11 Å². The van der Waals surface area contributed by atoms with Crippen LogP contribution in [0, 0.1) is 0 Å².